The Morgan fingerprint density at radius 2 is 1.93 bits per heavy atom. The van der Waals surface area contributed by atoms with E-state index in [0.717, 1.165) is 32.3 Å². The van der Waals surface area contributed by atoms with Crippen molar-refractivity contribution in [1.82, 2.24) is 5.32 Å². The molecule has 0 amide bonds. The van der Waals surface area contributed by atoms with Crippen molar-refractivity contribution >= 4 is 0 Å². The van der Waals surface area contributed by atoms with Crippen LogP contribution < -0.4 is 5.32 Å². The zero-order valence-corrected chi connectivity index (χ0v) is 9.00. The Hall–Kier alpha value is -0.120. The Morgan fingerprint density at radius 1 is 1.14 bits per heavy atom. The van der Waals surface area contributed by atoms with E-state index in [0.29, 0.717) is 12.1 Å². The number of hydrogen-bond donors (Lipinski definition) is 1. The average molecular weight is 199 g/mol. The lowest BCUT2D eigenvalue weighted by molar-refractivity contribution is 0.0633. The molecule has 1 N–H and O–H groups in total. The van der Waals surface area contributed by atoms with Gasteiger partial charge in [0.05, 0.1) is 6.10 Å². The maximum absolute atomic E-state index is 5.52. The number of rotatable bonds is 3. The third-order valence-electron chi connectivity index (χ3n) is 3.39. The van der Waals surface area contributed by atoms with E-state index >= 15 is 0 Å². The largest absolute Gasteiger partial charge is 0.381 e. The molecule has 2 aliphatic heterocycles. The molecule has 0 aromatic carbocycles. The SMILES string of the molecule is C[C@H]1OCC[C@H]1NCC1CCOCC1. The number of nitrogens with one attached hydrogen (secondary N) is 1. The minimum Gasteiger partial charge on any atom is -0.381 e. The first-order valence-electron chi connectivity index (χ1n) is 5.79. The van der Waals surface area contributed by atoms with Crippen molar-refractivity contribution in [2.75, 3.05) is 26.4 Å². The summed E-state index contributed by atoms with van der Waals surface area (Å²) in [5.41, 5.74) is 0. The summed E-state index contributed by atoms with van der Waals surface area (Å²) in [6.07, 6.45) is 4.00. The number of hydrogen-bond acceptors (Lipinski definition) is 3. The van der Waals surface area contributed by atoms with E-state index in [1.165, 1.54) is 19.3 Å². The molecule has 0 saturated carbocycles. The third-order valence-corrected chi connectivity index (χ3v) is 3.39. The molecular formula is C11H21NO2. The summed E-state index contributed by atoms with van der Waals surface area (Å²) in [5, 5.41) is 3.62. The predicted molar refractivity (Wildman–Crippen MR) is 55.4 cm³/mol. The fraction of sp³-hybridized carbons (Fsp3) is 1.00. The molecule has 82 valence electrons. The standard InChI is InChI=1S/C11H21NO2/c1-9-11(4-7-14-9)12-8-10-2-5-13-6-3-10/h9-12H,2-8H2,1H3/t9-,11-/m1/s1. The summed E-state index contributed by atoms with van der Waals surface area (Å²) in [6.45, 7) is 6.12. The summed E-state index contributed by atoms with van der Waals surface area (Å²) >= 11 is 0. The highest BCUT2D eigenvalue weighted by Crippen LogP contribution is 2.16. The molecule has 0 spiro atoms. The molecule has 0 aromatic rings. The van der Waals surface area contributed by atoms with Crippen LogP contribution in [0, 0.1) is 5.92 Å². The van der Waals surface area contributed by atoms with Crippen LogP contribution in [-0.2, 0) is 9.47 Å². The van der Waals surface area contributed by atoms with Gasteiger partial charge in [-0.25, -0.2) is 0 Å². The Bertz CT molecular complexity index is 169. The second-order valence-electron chi connectivity index (χ2n) is 4.44. The highest BCUT2D eigenvalue weighted by atomic mass is 16.5. The first-order chi connectivity index (χ1) is 6.86. The molecule has 0 unspecified atom stereocenters. The van der Waals surface area contributed by atoms with Crippen LogP contribution in [-0.4, -0.2) is 38.5 Å². The second kappa shape index (κ2) is 5.10. The van der Waals surface area contributed by atoms with Gasteiger partial charge in [0.2, 0.25) is 0 Å². The van der Waals surface area contributed by atoms with Crippen molar-refractivity contribution in [3.05, 3.63) is 0 Å². The molecule has 14 heavy (non-hydrogen) atoms. The minimum absolute atomic E-state index is 0.398. The Balaban J connectivity index is 1.65. The van der Waals surface area contributed by atoms with Gasteiger partial charge in [0, 0.05) is 25.9 Å². The lowest BCUT2D eigenvalue weighted by atomic mass is 9.99. The van der Waals surface area contributed by atoms with Crippen LogP contribution in [0.5, 0.6) is 0 Å². The highest BCUT2D eigenvalue weighted by Gasteiger charge is 2.24. The van der Waals surface area contributed by atoms with E-state index in [2.05, 4.69) is 12.2 Å². The van der Waals surface area contributed by atoms with Gasteiger partial charge in [0.15, 0.2) is 0 Å². The average Bonchev–Trinajstić information content (AvgIpc) is 2.63. The molecule has 0 bridgehead atoms. The van der Waals surface area contributed by atoms with Gasteiger partial charge in [-0.05, 0) is 38.6 Å². The maximum Gasteiger partial charge on any atom is 0.0700 e. The zero-order chi connectivity index (χ0) is 9.80. The van der Waals surface area contributed by atoms with Crippen molar-refractivity contribution < 1.29 is 9.47 Å². The second-order valence-corrected chi connectivity index (χ2v) is 4.44. The minimum atomic E-state index is 0.398. The lowest BCUT2D eigenvalue weighted by Crippen LogP contribution is -2.39. The molecule has 0 radical (unpaired) electrons. The van der Waals surface area contributed by atoms with Gasteiger partial charge in [-0.2, -0.15) is 0 Å². The molecule has 2 atom stereocenters. The zero-order valence-electron chi connectivity index (χ0n) is 9.00. The van der Waals surface area contributed by atoms with Crippen molar-refractivity contribution in [1.29, 1.82) is 0 Å². The van der Waals surface area contributed by atoms with Gasteiger partial charge in [0.1, 0.15) is 0 Å². The van der Waals surface area contributed by atoms with Gasteiger partial charge >= 0.3 is 0 Å². The van der Waals surface area contributed by atoms with Gasteiger partial charge in [-0.3, -0.25) is 0 Å². The molecular weight excluding hydrogens is 178 g/mol. The fourth-order valence-electron chi connectivity index (χ4n) is 2.27. The van der Waals surface area contributed by atoms with Gasteiger partial charge in [-0.15, -0.1) is 0 Å². The molecule has 0 aromatic heterocycles. The maximum atomic E-state index is 5.52. The molecule has 3 nitrogen and oxygen atoms in total. The topological polar surface area (TPSA) is 30.5 Å². The Labute approximate surface area is 86.2 Å². The fourth-order valence-corrected chi connectivity index (χ4v) is 2.27. The van der Waals surface area contributed by atoms with Crippen LogP contribution in [0.3, 0.4) is 0 Å². The summed E-state index contributed by atoms with van der Waals surface area (Å²) < 4.78 is 10.9. The number of ether oxygens (including phenoxy) is 2. The Morgan fingerprint density at radius 3 is 2.57 bits per heavy atom. The molecule has 0 aliphatic carbocycles. The van der Waals surface area contributed by atoms with E-state index in [4.69, 9.17) is 9.47 Å². The first kappa shape index (κ1) is 10.4. The lowest BCUT2D eigenvalue weighted by Gasteiger charge is -2.25. The van der Waals surface area contributed by atoms with E-state index < -0.39 is 0 Å². The van der Waals surface area contributed by atoms with Crippen LogP contribution >= 0.6 is 0 Å². The van der Waals surface area contributed by atoms with Crippen LogP contribution in [0.2, 0.25) is 0 Å². The van der Waals surface area contributed by atoms with Crippen LogP contribution in [0.25, 0.3) is 0 Å². The molecule has 2 aliphatic rings. The van der Waals surface area contributed by atoms with Gasteiger partial charge in [-0.1, -0.05) is 0 Å². The van der Waals surface area contributed by atoms with Crippen molar-refractivity contribution in [2.24, 2.45) is 5.92 Å². The normalized spacial score (nSPS) is 34.9. The van der Waals surface area contributed by atoms with E-state index in [1.807, 2.05) is 0 Å². The van der Waals surface area contributed by atoms with E-state index in [-0.39, 0.29) is 0 Å². The van der Waals surface area contributed by atoms with Gasteiger partial charge in [0.25, 0.3) is 0 Å². The molecule has 2 saturated heterocycles. The molecule has 3 heteroatoms. The van der Waals surface area contributed by atoms with E-state index in [9.17, 15) is 0 Å². The highest BCUT2D eigenvalue weighted by molar-refractivity contribution is 4.80. The summed E-state index contributed by atoms with van der Waals surface area (Å²) in [4.78, 5) is 0. The summed E-state index contributed by atoms with van der Waals surface area (Å²) in [5.74, 6) is 0.816. The van der Waals surface area contributed by atoms with Crippen molar-refractivity contribution in [3.8, 4) is 0 Å². The third kappa shape index (κ3) is 2.69. The molecule has 2 fully saturated rings. The van der Waals surface area contributed by atoms with E-state index in [1.54, 1.807) is 0 Å². The summed E-state index contributed by atoms with van der Waals surface area (Å²) in [6, 6.07) is 0.581. The molecule has 2 heterocycles. The monoisotopic (exact) mass is 199 g/mol. The quantitative estimate of drug-likeness (QED) is 0.740. The Kier molecular flexibility index (Phi) is 3.79. The predicted octanol–water partition coefficient (Wildman–Crippen LogP) is 1.18. The van der Waals surface area contributed by atoms with Crippen LogP contribution in [0.4, 0.5) is 0 Å². The van der Waals surface area contributed by atoms with Crippen molar-refractivity contribution in [3.63, 3.8) is 0 Å². The summed E-state index contributed by atoms with van der Waals surface area (Å²) in [7, 11) is 0. The van der Waals surface area contributed by atoms with Crippen LogP contribution in [0.1, 0.15) is 26.2 Å². The van der Waals surface area contributed by atoms with Crippen molar-refractivity contribution in [2.45, 2.75) is 38.3 Å². The molecule has 2 rings (SSSR count). The van der Waals surface area contributed by atoms with Gasteiger partial charge < -0.3 is 14.8 Å². The smallest absolute Gasteiger partial charge is 0.0700 e. The van der Waals surface area contributed by atoms with Crippen LogP contribution in [0.15, 0.2) is 0 Å². The first-order valence-corrected chi connectivity index (χ1v) is 5.79.